The molecule has 0 atom stereocenters. The minimum Gasteiger partial charge on any atom is -0.425 e. The molecule has 0 saturated carbocycles. The van der Waals surface area contributed by atoms with E-state index in [0.29, 0.717) is 5.75 Å². The van der Waals surface area contributed by atoms with Gasteiger partial charge in [-0.25, -0.2) is 4.79 Å². The number of carbonyl (C=O) groups excluding carboxylic acids is 1. The molecule has 0 aromatic heterocycles. The van der Waals surface area contributed by atoms with Crippen molar-refractivity contribution in [1.82, 2.24) is 0 Å². The summed E-state index contributed by atoms with van der Waals surface area (Å²) >= 11 is 0. The van der Waals surface area contributed by atoms with E-state index in [1.165, 1.54) is 0 Å². The van der Waals surface area contributed by atoms with Crippen LogP contribution in [0, 0.1) is 6.92 Å². The van der Waals surface area contributed by atoms with Crippen LogP contribution < -0.4 is 4.74 Å². The lowest BCUT2D eigenvalue weighted by Gasteiger charge is -2.27. The van der Waals surface area contributed by atoms with Gasteiger partial charge in [-0.05, 0) is 24.1 Å². The average Bonchev–Trinajstić information content (AvgIpc) is 2.88. The van der Waals surface area contributed by atoms with Gasteiger partial charge in [-0.2, -0.15) is 0 Å². The van der Waals surface area contributed by atoms with Crippen LogP contribution in [-0.4, -0.2) is 5.97 Å². The zero-order valence-electron chi connectivity index (χ0n) is 12.8. The average molecular weight is 300 g/mol. The van der Waals surface area contributed by atoms with Crippen molar-refractivity contribution in [3.8, 4) is 5.75 Å². The Kier molecular flexibility index (Phi) is 3.05. The minimum absolute atomic E-state index is 0.240. The standard InChI is InChI=1S/C21H16O2/c1-15-12-13-19-18(14-15)21(20(22)23-19,16-8-4-2-5-9-16)17-10-6-3-7-11-17/h2-14H,1H3. The monoisotopic (exact) mass is 300 g/mol. The molecule has 23 heavy (non-hydrogen) atoms. The van der Waals surface area contributed by atoms with Crippen LogP contribution in [0.3, 0.4) is 0 Å². The second-order valence-electron chi connectivity index (χ2n) is 5.87. The Morgan fingerprint density at radius 1 is 0.783 bits per heavy atom. The molecule has 0 saturated heterocycles. The molecule has 3 aromatic carbocycles. The zero-order chi connectivity index (χ0) is 15.9. The number of aryl methyl sites for hydroxylation is 1. The van der Waals surface area contributed by atoms with Gasteiger partial charge in [0.1, 0.15) is 11.2 Å². The van der Waals surface area contributed by atoms with Gasteiger partial charge in [0.15, 0.2) is 0 Å². The fourth-order valence-corrected chi connectivity index (χ4v) is 3.40. The first-order valence-corrected chi connectivity index (χ1v) is 7.67. The Bertz CT molecular complexity index is 827. The van der Waals surface area contributed by atoms with E-state index in [4.69, 9.17) is 4.74 Å². The van der Waals surface area contributed by atoms with Crippen molar-refractivity contribution < 1.29 is 9.53 Å². The molecule has 112 valence electrons. The van der Waals surface area contributed by atoms with Crippen LogP contribution in [-0.2, 0) is 10.2 Å². The van der Waals surface area contributed by atoms with E-state index in [1.54, 1.807) is 0 Å². The summed E-state index contributed by atoms with van der Waals surface area (Å²) in [5.74, 6) is 0.406. The number of rotatable bonds is 2. The third-order valence-electron chi connectivity index (χ3n) is 4.46. The van der Waals surface area contributed by atoms with Crippen LogP contribution in [0.1, 0.15) is 22.3 Å². The van der Waals surface area contributed by atoms with Crippen LogP contribution in [0.4, 0.5) is 0 Å². The summed E-state index contributed by atoms with van der Waals surface area (Å²) in [6.07, 6.45) is 0. The highest BCUT2D eigenvalue weighted by Gasteiger charge is 2.51. The lowest BCUT2D eigenvalue weighted by molar-refractivity contribution is -0.135. The first-order chi connectivity index (χ1) is 11.2. The van der Waals surface area contributed by atoms with Gasteiger partial charge in [-0.15, -0.1) is 0 Å². The first kappa shape index (κ1) is 13.8. The van der Waals surface area contributed by atoms with E-state index < -0.39 is 5.41 Å². The SMILES string of the molecule is Cc1ccc2c(c1)C(c1ccccc1)(c1ccccc1)C(=O)O2. The van der Waals surface area contributed by atoms with Gasteiger partial charge in [-0.1, -0.05) is 78.4 Å². The van der Waals surface area contributed by atoms with Crippen molar-refractivity contribution in [2.75, 3.05) is 0 Å². The van der Waals surface area contributed by atoms with Crippen molar-refractivity contribution in [3.63, 3.8) is 0 Å². The van der Waals surface area contributed by atoms with Crippen LogP contribution in [0.5, 0.6) is 5.75 Å². The quantitative estimate of drug-likeness (QED) is 0.522. The summed E-state index contributed by atoms with van der Waals surface area (Å²) in [5, 5.41) is 0. The molecule has 0 fully saturated rings. The van der Waals surface area contributed by atoms with E-state index in [0.717, 1.165) is 22.3 Å². The maximum Gasteiger partial charge on any atom is 0.331 e. The van der Waals surface area contributed by atoms with E-state index in [9.17, 15) is 4.79 Å². The third kappa shape index (κ3) is 1.92. The fourth-order valence-electron chi connectivity index (χ4n) is 3.40. The number of hydrogen-bond acceptors (Lipinski definition) is 2. The van der Waals surface area contributed by atoms with E-state index in [1.807, 2.05) is 79.7 Å². The van der Waals surface area contributed by atoms with Gasteiger partial charge < -0.3 is 4.74 Å². The Morgan fingerprint density at radius 3 is 1.91 bits per heavy atom. The van der Waals surface area contributed by atoms with Gasteiger partial charge in [0, 0.05) is 5.56 Å². The van der Waals surface area contributed by atoms with Crippen LogP contribution in [0.25, 0.3) is 0 Å². The Labute approximate surface area is 135 Å². The molecule has 1 heterocycles. The lowest BCUT2D eigenvalue weighted by atomic mass is 9.70. The molecule has 1 aliphatic heterocycles. The van der Waals surface area contributed by atoms with Crippen LogP contribution in [0.15, 0.2) is 78.9 Å². The van der Waals surface area contributed by atoms with Crippen LogP contribution in [0.2, 0.25) is 0 Å². The molecule has 2 heteroatoms. The van der Waals surface area contributed by atoms with Crippen molar-refractivity contribution in [2.45, 2.75) is 12.3 Å². The van der Waals surface area contributed by atoms with E-state index in [2.05, 4.69) is 6.07 Å². The number of benzene rings is 3. The largest absolute Gasteiger partial charge is 0.425 e. The molecule has 4 rings (SSSR count). The van der Waals surface area contributed by atoms with Gasteiger partial charge in [0.2, 0.25) is 0 Å². The molecule has 0 radical (unpaired) electrons. The summed E-state index contributed by atoms with van der Waals surface area (Å²) in [5.41, 5.74) is 2.99. The van der Waals surface area contributed by atoms with Crippen molar-refractivity contribution in [1.29, 1.82) is 0 Å². The summed E-state index contributed by atoms with van der Waals surface area (Å²) < 4.78 is 5.65. The first-order valence-electron chi connectivity index (χ1n) is 7.67. The molecule has 0 unspecified atom stereocenters. The highest BCUT2D eigenvalue weighted by Crippen LogP contribution is 2.49. The Morgan fingerprint density at radius 2 is 1.35 bits per heavy atom. The maximum atomic E-state index is 13.0. The van der Waals surface area contributed by atoms with E-state index >= 15 is 0 Å². The van der Waals surface area contributed by atoms with Gasteiger partial charge in [0.05, 0.1) is 0 Å². The molecule has 0 aliphatic carbocycles. The second-order valence-corrected chi connectivity index (χ2v) is 5.87. The van der Waals surface area contributed by atoms with Gasteiger partial charge in [-0.3, -0.25) is 0 Å². The molecule has 0 amide bonds. The number of ether oxygens (including phenoxy) is 1. The maximum absolute atomic E-state index is 13.0. The molecule has 0 bridgehead atoms. The minimum atomic E-state index is -0.899. The molecule has 0 spiro atoms. The second kappa shape index (κ2) is 5.10. The van der Waals surface area contributed by atoms with Crippen molar-refractivity contribution >= 4 is 5.97 Å². The lowest BCUT2D eigenvalue weighted by Crippen LogP contribution is -2.36. The molecular weight excluding hydrogens is 284 g/mol. The molecule has 1 aliphatic rings. The topological polar surface area (TPSA) is 26.3 Å². The van der Waals surface area contributed by atoms with Gasteiger partial charge >= 0.3 is 5.97 Å². The normalized spacial score (nSPS) is 15.1. The van der Waals surface area contributed by atoms with Crippen molar-refractivity contribution in [2.24, 2.45) is 0 Å². The highest BCUT2D eigenvalue weighted by atomic mass is 16.5. The number of fused-ring (bicyclic) bond motifs is 1. The fraction of sp³-hybridized carbons (Fsp3) is 0.0952. The Hall–Kier alpha value is -2.87. The predicted molar refractivity (Wildman–Crippen MR) is 89.6 cm³/mol. The smallest absolute Gasteiger partial charge is 0.331 e. The summed E-state index contributed by atoms with van der Waals surface area (Å²) in [6.45, 7) is 2.03. The number of hydrogen-bond donors (Lipinski definition) is 0. The summed E-state index contributed by atoms with van der Waals surface area (Å²) in [7, 11) is 0. The predicted octanol–water partition coefficient (Wildman–Crippen LogP) is 4.25. The molecule has 0 N–H and O–H groups in total. The van der Waals surface area contributed by atoms with E-state index in [-0.39, 0.29) is 5.97 Å². The Balaban J connectivity index is 2.10. The zero-order valence-corrected chi connectivity index (χ0v) is 12.8. The number of esters is 1. The van der Waals surface area contributed by atoms with Gasteiger partial charge in [0.25, 0.3) is 0 Å². The summed E-state index contributed by atoms with van der Waals surface area (Å²) in [4.78, 5) is 13.0. The van der Waals surface area contributed by atoms with Crippen LogP contribution >= 0.6 is 0 Å². The third-order valence-corrected chi connectivity index (χ3v) is 4.46. The number of carbonyl (C=O) groups is 1. The molecular formula is C21H16O2. The highest BCUT2D eigenvalue weighted by molar-refractivity contribution is 5.98. The molecule has 3 aromatic rings. The summed E-state index contributed by atoms with van der Waals surface area (Å²) in [6, 6.07) is 25.6. The molecule has 2 nitrogen and oxygen atoms in total. The van der Waals surface area contributed by atoms with Crippen molar-refractivity contribution in [3.05, 3.63) is 101 Å².